The number of benzene rings is 1. The monoisotopic (exact) mass is 704 g/mol. The number of fused-ring (bicyclic) bond motifs is 2. The van der Waals surface area contributed by atoms with Crippen LogP contribution in [0.15, 0.2) is 36.9 Å². The zero-order valence-electron chi connectivity index (χ0n) is 31.4. The van der Waals surface area contributed by atoms with Gasteiger partial charge in [-0.2, -0.15) is 0 Å². The van der Waals surface area contributed by atoms with Crippen molar-refractivity contribution in [2.24, 2.45) is 34.0 Å². The van der Waals surface area contributed by atoms with Gasteiger partial charge in [-0.05, 0) is 52.0 Å². The maximum Gasteiger partial charge on any atom is 0.315 e. The first-order chi connectivity index (χ1) is 23.7. The van der Waals surface area contributed by atoms with Gasteiger partial charge >= 0.3 is 6.03 Å². The maximum atomic E-state index is 14.5. The average molecular weight is 705 g/mol. The maximum absolute atomic E-state index is 14.5. The molecule has 2 heterocycles. The van der Waals surface area contributed by atoms with Gasteiger partial charge in [-0.25, -0.2) is 4.79 Å². The standard InChI is InChI=1S/C39H56N6O6/c1-10-17-40-33(48)30(46)26(18-22-15-16-22)41-32(47)29-28-25(39(28,8)9)20-45(29)35(50)31(38(5,6)7)43-36(51)42-27(37(2,3)4)21-44-19-23-13-11-12-14-24(23)34(44)49/h10-14,22,25-29,31H,1,15-21H2,2-9H3,(H,40,48)(H,41,47)(H2,42,43,51). The van der Waals surface area contributed by atoms with Gasteiger partial charge in [-0.3, -0.25) is 24.0 Å². The highest BCUT2D eigenvalue weighted by molar-refractivity contribution is 6.38. The van der Waals surface area contributed by atoms with Crippen molar-refractivity contribution in [3.05, 3.63) is 48.0 Å². The third-order valence-electron chi connectivity index (χ3n) is 11.3. The number of carbonyl (C=O) groups excluding carboxylic acids is 6. The minimum Gasteiger partial charge on any atom is -0.346 e. The molecule has 0 radical (unpaired) electrons. The molecule has 2 aliphatic heterocycles. The second-order valence-corrected chi connectivity index (χ2v) is 17.7. The Hall–Kier alpha value is -4.22. The van der Waals surface area contributed by atoms with Crippen LogP contribution in [0.25, 0.3) is 0 Å². The first kappa shape index (κ1) is 38.0. The van der Waals surface area contributed by atoms with Gasteiger partial charge in [0, 0.05) is 31.7 Å². The van der Waals surface area contributed by atoms with Crippen molar-refractivity contribution in [3.8, 4) is 0 Å². The fourth-order valence-electron chi connectivity index (χ4n) is 7.76. The molecule has 2 saturated carbocycles. The Balaban J connectivity index is 1.31. The van der Waals surface area contributed by atoms with Gasteiger partial charge in [0.15, 0.2) is 0 Å². The second kappa shape index (κ2) is 14.1. The lowest BCUT2D eigenvalue weighted by atomic mass is 9.85. The van der Waals surface area contributed by atoms with Crippen LogP contribution in [0.4, 0.5) is 4.79 Å². The molecule has 1 aromatic carbocycles. The molecule has 0 spiro atoms. The Bertz CT molecular complexity index is 1590. The predicted octanol–water partition coefficient (Wildman–Crippen LogP) is 3.41. The van der Waals surface area contributed by atoms with E-state index in [2.05, 4.69) is 41.7 Å². The van der Waals surface area contributed by atoms with E-state index >= 15 is 0 Å². The van der Waals surface area contributed by atoms with E-state index < -0.39 is 58.6 Å². The molecule has 51 heavy (non-hydrogen) atoms. The normalized spacial score (nSPS) is 23.7. The molecule has 4 N–H and O–H groups in total. The molecular weight excluding hydrogens is 648 g/mol. The fraction of sp³-hybridized carbons (Fsp3) is 0.641. The van der Waals surface area contributed by atoms with E-state index in [1.165, 1.54) is 6.08 Å². The number of carbonyl (C=O) groups is 6. The van der Waals surface area contributed by atoms with Crippen molar-refractivity contribution in [2.45, 2.75) is 105 Å². The minimum atomic E-state index is -1.00. The zero-order chi connectivity index (χ0) is 37.6. The van der Waals surface area contributed by atoms with Gasteiger partial charge < -0.3 is 31.1 Å². The summed E-state index contributed by atoms with van der Waals surface area (Å²) in [5.74, 6) is -2.21. The highest BCUT2D eigenvalue weighted by atomic mass is 16.2. The fourth-order valence-corrected chi connectivity index (χ4v) is 7.76. The van der Waals surface area contributed by atoms with Crippen molar-refractivity contribution < 1.29 is 28.8 Å². The second-order valence-electron chi connectivity index (χ2n) is 17.7. The van der Waals surface area contributed by atoms with Crippen molar-refractivity contribution >= 4 is 35.4 Å². The summed E-state index contributed by atoms with van der Waals surface area (Å²) >= 11 is 0. The molecule has 6 unspecified atom stereocenters. The number of amides is 6. The molecule has 2 aliphatic carbocycles. The summed E-state index contributed by atoms with van der Waals surface area (Å²) in [5.41, 5.74) is 0.274. The topological polar surface area (TPSA) is 157 Å². The SMILES string of the molecule is C=CCNC(=O)C(=O)C(CC1CC1)NC(=O)C1C2C(CN1C(=O)C(NC(=O)NC(CN1Cc3ccccc3C1=O)C(C)(C)C)C(C)(C)C)C2(C)C. The first-order valence-corrected chi connectivity index (χ1v) is 18.2. The summed E-state index contributed by atoms with van der Waals surface area (Å²) in [4.78, 5) is 84.6. The molecule has 5 rings (SSSR count). The average Bonchev–Trinajstić information content (AvgIpc) is 3.85. The number of nitrogens with one attached hydrogen (secondary N) is 4. The number of Topliss-reactive ketones (excluding diaryl/α,β-unsaturated/α-hetero) is 1. The molecule has 6 atom stereocenters. The summed E-state index contributed by atoms with van der Waals surface area (Å²) in [6.07, 6.45) is 3.70. The minimum absolute atomic E-state index is 0.0764. The van der Waals surface area contributed by atoms with Crippen molar-refractivity contribution in [2.75, 3.05) is 19.6 Å². The van der Waals surface area contributed by atoms with Crippen LogP contribution in [-0.2, 0) is 25.7 Å². The zero-order valence-corrected chi connectivity index (χ0v) is 31.4. The Morgan fingerprint density at radius 3 is 2.24 bits per heavy atom. The summed E-state index contributed by atoms with van der Waals surface area (Å²) in [6.45, 7) is 20.5. The van der Waals surface area contributed by atoms with Crippen molar-refractivity contribution in [1.82, 2.24) is 31.1 Å². The first-order valence-electron chi connectivity index (χ1n) is 18.2. The lowest BCUT2D eigenvalue weighted by Gasteiger charge is -2.39. The molecule has 12 heteroatoms. The smallest absolute Gasteiger partial charge is 0.315 e. The molecular formula is C39H56N6O6. The third-order valence-corrected chi connectivity index (χ3v) is 11.3. The van der Waals surface area contributed by atoms with Crippen LogP contribution in [0.5, 0.6) is 0 Å². The van der Waals surface area contributed by atoms with Gasteiger partial charge in [0.25, 0.3) is 11.8 Å². The number of urea groups is 1. The molecule has 1 saturated heterocycles. The van der Waals surface area contributed by atoms with Crippen LogP contribution in [0.3, 0.4) is 0 Å². The van der Waals surface area contributed by atoms with E-state index in [9.17, 15) is 28.8 Å². The number of nitrogens with zero attached hydrogens (tertiary/aromatic N) is 2. The molecule has 3 fully saturated rings. The van der Waals surface area contributed by atoms with Crippen molar-refractivity contribution in [1.29, 1.82) is 0 Å². The third kappa shape index (κ3) is 8.15. The quantitative estimate of drug-likeness (QED) is 0.182. The summed E-state index contributed by atoms with van der Waals surface area (Å²) in [7, 11) is 0. The predicted molar refractivity (Wildman–Crippen MR) is 193 cm³/mol. The van der Waals surface area contributed by atoms with Crippen LogP contribution >= 0.6 is 0 Å². The highest BCUT2D eigenvalue weighted by Gasteiger charge is 2.70. The van der Waals surface area contributed by atoms with Gasteiger partial charge in [-0.1, -0.05) is 92.5 Å². The lowest BCUT2D eigenvalue weighted by Crippen LogP contribution is -2.62. The van der Waals surface area contributed by atoms with Crippen LogP contribution in [0, 0.1) is 34.0 Å². The number of likely N-dealkylation sites (tertiary alicyclic amines) is 1. The van der Waals surface area contributed by atoms with Gasteiger partial charge in [0.05, 0.1) is 12.1 Å². The Morgan fingerprint density at radius 1 is 0.980 bits per heavy atom. The lowest BCUT2D eigenvalue weighted by molar-refractivity contribution is -0.145. The Morgan fingerprint density at radius 2 is 1.65 bits per heavy atom. The molecule has 12 nitrogen and oxygen atoms in total. The summed E-state index contributed by atoms with van der Waals surface area (Å²) < 4.78 is 0. The van der Waals surface area contributed by atoms with E-state index in [1.807, 2.05) is 65.8 Å². The van der Waals surface area contributed by atoms with E-state index in [1.54, 1.807) is 9.80 Å². The van der Waals surface area contributed by atoms with Gasteiger partial charge in [-0.15, -0.1) is 6.58 Å². The van der Waals surface area contributed by atoms with Crippen LogP contribution in [0.1, 0.15) is 90.6 Å². The molecule has 4 aliphatic rings. The molecule has 0 aromatic heterocycles. The number of ketones is 1. The van der Waals surface area contributed by atoms with E-state index in [-0.39, 0.29) is 48.1 Å². The Labute approximate surface area is 301 Å². The number of rotatable bonds is 13. The number of hydrogen-bond acceptors (Lipinski definition) is 6. The Kier molecular flexibility index (Phi) is 10.5. The van der Waals surface area contributed by atoms with Crippen LogP contribution < -0.4 is 21.3 Å². The van der Waals surface area contributed by atoms with Gasteiger partial charge in [0.1, 0.15) is 12.1 Å². The molecule has 1 aromatic rings. The molecule has 0 bridgehead atoms. The van der Waals surface area contributed by atoms with Crippen LogP contribution in [-0.4, -0.2) is 89.0 Å². The van der Waals surface area contributed by atoms with E-state index in [4.69, 9.17) is 0 Å². The number of piperidine rings is 1. The summed E-state index contributed by atoms with van der Waals surface area (Å²) in [6, 6.07) is 3.67. The van der Waals surface area contributed by atoms with Crippen LogP contribution in [0.2, 0.25) is 0 Å². The summed E-state index contributed by atoms with van der Waals surface area (Å²) in [5, 5.41) is 11.4. The van der Waals surface area contributed by atoms with E-state index in [0.717, 1.165) is 18.4 Å². The molecule has 6 amide bonds. The number of hydrogen-bond donors (Lipinski definition) is 4. The molecule has 278 valence electrons. The van der Waals surface area contributed by atoms with Gasteiger partial charge in [0.2, 0.25) is 17.6 Å². The van der Waals surface area contributed by atoms with Crippen molar-refractivity contribution in [3.63, 3.8) is 0 Å². The largest absolute Gasteiger partial charge is 0.346 e. The highest BCUT2D eigenvalue weighted by Crippen LogP contribution is 2.65. The van der Waals surface area contributed by atoms with E-state index in [0.29, 0.717) is 25.1 Å².